The second-order valence-electron chi connectivity index (χ2n) is 6.59. The number of hydrogen-bond acceptors (Lipinski definition) is 11. The highest BCUT2D eigenvalue weighted by Gasteiger charge is 2.36. The Balaban J connectivity index is 2.65. The van der Waals surface area contributed by atoms with Crippen molar-refractivity contribution < 1.29 is 52.6 Å². The molecule has 1 saturated heterocycles. The van der Waals surface area contributed by atoms with E-state index in [1.54, 1.807) is 0 Å². The van der Waals surface area contributed by atoms with Gasteiger partial charge in [0.2, 0.25) is 6.10 Å². The maximum absolute atomic E-state index is 11.9. The van der Waals surface area contributed by atoms with Gasteiger partial charge in [-0.3, -0.25) is 14.4 Å². The lowest BCUT2D eigenvalue weighted by Gasteiger charge is -2.23. The number of nitrogens with zero attached hydrogens (tertiary/aromatic N) is 1. The van der Waals surface area contributed by atoms with Crippen LogP contribution in [0.5, 0.6) is 0 Å². The highest BCUT2D eigenvalue weighted by Crippen LogP contribution is 2.14. The molecule has 2 atom stereocenters. The molecule has 0 N–H and O–H groups in total. The zero-order valence-corrected chi connectivity index (χ0v) is 16.0. The van der Waals surface area contributed by atoms with E-state index >= 15 is 0 Å². The van der Waals surface area contributed by atoms with E-state index in [1.165, 1.54) is 20.8 Å². The number of carbonyl (C=O) groups excluding carboxylic acids is 6. The summed E-state index contributed by atoms with van der Waals surface area (Å²) in [5, 5.41) is 0.274. The summed E-state index contributed by atoms with van der Waals surface area (Å²) in [6.07, 6.45) is -5.44. The van der Waals surface area contributed by atoms with Crippen LogP contribution in [0, 0.1) is 0 Å². The topological polar surface area (TPSA) is 152 Å². The molecule has 2 amide bonds. The van der Waals surface area contributed by atoms with E-state index in [0.29, 0.717) is 0 Å². The van der Waals surface area contributed by atoms with Crippen LogP contribution in [0.1, 0.15) is 47.5 Å². The molecule has 0 saturated carbocycles. The molecule has 0 radical (unpaired) electrons. The first-order chi connectivity index (χ1) is 12.8. The Bertz CT molecular complexity index is 663. The average molecular weight is 403 g/mol. The first-order valence-corrected chi connectivity index (χ1v) is 8.15. The number of hydroxylamine groups is 2. The van der Waals surface area contributed by atoms with Gasteiger partial charge in [-0.05, 0) is 27.7 Å². The third-order valence-electron chi connectivity index (χ3n) is 2.87. The normalized spacial score (nSPS) is 16.1. The lowest BCUT2D eigenvalue weighted by atomic mass is 10.2. The highest BCUT2D eigenvalue weighted by molar-refractivity contribution is 6.01. The molecule has 1 heterocycles. The maximum atomic E-state index is 11.9. The minimum Gasteiger partial charge on any atom is -0.454 e. The standard InChI is InChI=1S/C16H21NO11/c1-8(12(21)28-17-10(19)6-7-11(17)20)24-15(23)26-14(25-9(2)18)13(22)27-16(3,4)5/h8,14H,6-7H2,1-5H3/t8-,14-/m0/s1. The van der Waals surface area contributed by atoms with Crippen molar-refractivity contribution in [2.45, 2.75) is 65.5 Å². The Hall–Kier alpha value is -3.18. The van der Waals surface area contributed by atoms with Crippen LogP contribution in [0.25, 0.3) is 0 Å². The molecule has 0 unspecified atom stereocenters. The first kappa shape index (κ1) is 22.9. The number of imide groups is 1. The zero-order chi connectivity index (χ0) is 21.6. The van der Waals surface area contributed by atoms with Gasteiger partial charge in [-0.15, -0.1) is 5.06 Å². The number of amides is 2. The summed E-state index contributed by atoms with van der Waals surface area (Å²) in [5.41, 5.74) is -0.964. The molecule has 1 rings (SSSR count). The van der Waals surface area contributed by atoms with Gasteiger partial charge in [0.25, 0.3) is 11.8 Å². The van der Waals surface area contributed by atoms with Gasteiger partial charge in [-0.2, -0.15) is 0 Å². The average Bonchev–Trinajstić information content (AvgIpc) is 2.83. The predicted octanol–water partition coefficient (Wildman–Crippen LogP) is 0.366. The molecule has 0 aromatic carbocycles. The van der Waals surface area contributed by atoms with Crippen molar-refractivity contribution in [1.29, 1.82) is 0 Å². The van der Waals surface area contributed by atoms with Gasteiger partial charge in [0.15, 0.2) is 0 Å². The summed E-state index contributed by atoms with van der Waals surface area (Å²) in [7, 11) is 0. The molecule has 0 aliphatic carbocycles. The molecule has 0 aromatic rings. The molecular formula is C16H21NO11. The molecular weight excluding hydrogens is 382 g/mol. The van der Waals surface area contributed by atoms with Gasteiger partial charge in [0, 0.05) is 19.8 Å². The second-order valence-corrected chi connectivity index (χ2v) is 6.59. The molecule has 0 aromatic heterocycles. The summed E-state index contributed by atoms with van der Waals surface area (Å²) in [6.45, 7) is 6.65. The van der Waals surface area contributed by atoms with Crippen molar-refractivity contribution in [1.82, 2.24) is 5.06 Å². The number of hydrogen-bond donors (Lipinski definition) is 0. The van der Waals surface area contributed by atoms with Crippen LogP contribution in [0.4, 0.5) is 4.79 Å². The Morgan fingerprint density at radius 2 is 1.46 bits per heavy atom. The molecule has 12 heteroatoms. The van der Waals surface area contributed by atoms with Crippen LogP contribution in [-0.4, -0.2) is 58.9 Å². The van der Waals surface area contributed by atoms with E-state index in [1.807, 2.05) is 0 Å². The molecule has 0 bridgehead atoms. The van der Waals surface area contributed by atoms with E-state index in [-0.39, 0.29) is 17.9 Å². The van der Waals surface area contributed by atoms with Crippen molar-refractivity contribution in [3.05, 3.63) is 0 Å². The summed E-state index contributed by atoms with van der Waals surface area (Å²) in [6, 6.07) is 0. The monoisotopic (exact) mass is 403 g/mol. The fourth-order valence-electron chi connectivity index (χ4n) is 1.75. The van der Waals surface area contributed by atoms with E-state index in [4.69, 9.17) is 4.74 Å². The van der Waals surface area contributed by atoms with Crippen molar-refractivity contribution >= 4 is 35.9 Å². The van der Waals surface area contributed by atoms with E-state index < -0.39 is 53.9 Å². The molecule has 0 spiro atoms. The fourth-order valence-corrected chi connectivity index (χ4v) is 1.75. The Morgan fingerprint density at radius 1 is 0.929 bits per heavy atom. The quantitative estimate of drug-likeness (QED) is 0.262. The van der Waals surface area contributed by atoms with Crippen LogP contribution < -0.4 is 0 Å². The number of esters is 2. The number of ether oxygens (including phenoxy) is 4. The molecule has 1 aliphatic rings. The number of carbonyl (C=O) groups is 6. The second kappa shape index (κ2) is 9.15. The first-order valence-electron chi connectivity index (χ1n) is 8.15. The van der Waals surface area contributed by atoms with Gasteiger partial charge in [0.1, 0.15) is 5.60 Å². The zero-order valence-electron chi connectivity index (χ0n) is 16.0. The van der Waals surface area contributed by atoms with Crippen LogP contribution in [0.15, 0.2) is 0 Å². The van der Waals surface area contributed by atoms with Crippen LogP contribution in [0.2, 0.25) is 0 Å². The maximum Gasteiger partial charge on any atom is 0.512 e. The highest BCUT2D eigenvalue weighted by atomic mass is 16.8. The van der Waals surface area contributed by atoms with Gasteiger partial charge < -0.3 is 23.8 Å². The van der Waals surface area contributed by atoms with Gasteiger partial charge in [-0.25, -0.2) is 14.4 Å². The summed E-state index contributed by atoms with van der Waals surface area (Å²) >= 11 is 0. The van der Waals surface area contributed by atoms with Crippen LogP contribution in [0.3, 0.4) is 0 Å². The smallest absolute Gasteiger partial charge is 0.454 e. The van der Waals surface area contributed by atoms with Gasteiger partial charge in [-0.1, -0.05) is 0 Å². The largest absolute Gasteiger partial charge is 0.512 e. The van der Waals surface area contributed by atoms with Gasteiger partial charge >= 0.3 is 30.4 Å². The summed E-state index contributed by atoms with van der Waals surface area (Å²) in [4.78, 5) is 74.0. The van der Waals surface area contributed by atoms with Gasteiger partial charge in [0.05, 0.1) is 0 Å². The molecule has 28 heavy (non-hydrogen) atoms. The van der Waals surface area contributed by atoms with Crippen molar-refractivity contribution in [3.8, 4) is 0 Å². The minimum atomic E-state index is -2.06. The van der Waals surface area contributed by atoms with E-state index in [0.717, 1.165) is 13.8 Å². The molecule has 1 aliphatic heterocycles. The Labute approximate surface area is 159 Å². The van der Waals surface area contributed by atoms with Crippen LogP contribution in [-0.2, 0) is 47.8 Å². The Morgan fingerprint density at radius 3 is 1.93 bits per heavy atom. The molecule has 12 nitrogen and oxygen atoms in total. The Kier molecular flexibility index (Phi) is 7.47. The predicted molar refractivity (Wildman–Crippen MR) is 85.6 cm³/mol. The molecule has 156 valence electrons. The lowest BCUT2D eigenvalue weighted by molar-refractivity contribution is -0.207. The summed E-state index contributed by atoms with van der Waals surface area (Å²) < 4.78 is 18.7. The minimum absolute atomic E-state index is 0.108. The third kappa shape index (κ3) is 7.21. The lowest BCUT2D eigenvalue weighted by Crippen LogP contribution is -2.40. The van der Waals surface area contributed by atoms with Crippen molar-refractivity contribution in [3.63, 3.8) is 0 Å². The van der Waals surface area contributed by atoms with Crippen LogP contribution >= 0.6 is 0 Å². The SMILES string of the molecule is CC(=O)O[C@@H](OC(=O)O[C@@H](C)C(=O)ON1C(=O)CCC1=O)C(=O)OC(C)(C)C. The van der Waals surface area contributed by atoms with E-state index in [2.05, 4.69) is 19.0 Å². The molecule has 1 fully saturated rings. The number of rotatable bonds is 6. The third-order valence-corrected chi connectivity index (χ3v) is 2.87. The fraction of sp³-hybridized carbons (Fsp3) is 0.625. The summed E-state index contributed by atoms with van der Waals surface area (Å²) in [5.74, 6) is -4.78. The van der Waals surface area contributed by atoms with Crippen molar-refractivity contribution in [2.75, 3.05) is 0 Å². The van der Waals surface area contributed by atoms with E-state index in [9.17, 15) is 28.8 Å². The van der Waals surface area contributed by atoms with Crippen molar-refractivity contribution in [2.24, 2.45) is 0 Å².